The zero-order valence-corrected chi connectivity index (χ0v) is 10.1. The fraction of sp³-hybridized carbons (Fsp3) is 0.375. The van der Waals surface area contributed by atoms with Crippen molar-refractivity contribution in [2.75, 3.05) is 11.5 Å². The van der Waals surface area contributed by atoms with E-state index < -0.39 is 9.84 Å². The summed E-state index contributed by atoms with van der Waals surface area (Å²) in [5.74, 6) is 0.0997. The molecular formula is C8H11BrN2O2S. The van der Waals surface area contributed by atoms with E-state index in [2.05, 4.69) is 20.9 Å². The summed E-state index contributed by atoms with van der Waals surface area (Å²) in [6.45, 7) is 1.81. The Bertz CT molecular complexity index is 431. The van der Waals surface area contributed by atoms with Gasteiger partial charge in [-0.25, -0.2) is 13.4 Å². The van der Waals surface area contributed by atoms with E-state index in [4.69, 9.17) is 5.73 Å². The summed E-state index contributed by atoms with van der Waals surface area (Å²) >= 11 is 3.13. The van der Waals surface area contributed by atoms with Gasteiger partial charge in [-0.2, -0.15) is 0 Å². The Hall–Kier alpha value is -0.620. The quantitative estimate of drug-likeness (QED) is 0.912. The summed E-state index contributed by atoms with van der Waals surface area (Å²) in [6, 6.07) is 1.54. The van der Waals surface area contributed by atoms with Crippen molar-refractivity contribution >= 4 is 31.5 Å². The van der Waals surface area contributed by atoms with Crippen LogP contribution in [0.4, 0.5) is 5.69 Å². The highest BCUT2D eigenvalue weighted by atomic mass is 79.9. The maximum atomic E-state index is 11.6. The smallest absolute Gasteiger partial charge is 0.196 e. The van der Waals surface area contributed by atoms with Gasteiger partial charge in [0.2, 0.25) is 0 Å². The van der Waals surface area contributed by atoms with Crippen LogP contribution < -0.4 is 5.73 Å². The minimum absolute atomic E-state index is 0.0635. The van der Waals surface area contributed by atoms with E-state index in [1.54, 1.807) is 0 Å². The van der Waals surface area contributed by atoms with Crippen molar-refractivity contribution in [3.63, 3.8) is 0 Å². The van der Waals surface area contributed by atoms with Gasteiger partial charge in [0.25, 0.3) is 0 Å². The second kappa shape index (κ2) is 4.27. The molecule has 0 radical (unpaired) electrons. The number of nitrogens with zero attached hydrogens (tertiary/aromatic N) is 1. The van der Waals surface area contributed by atoms with E-state index >= 15 is 0 Å². The van der Waals surface area contributed by atoms with E-state index in [1.807, 2.05) is 6.92 Å². The summed E-state index contributed by atoms with van der Waals surface area (Å²) in [6.07, 6.45) is 1.91. The number of sulfone groups is 1. The Labute approximate surface area is 91.6 Å². The molecule has 4 nitrogen and oxygen atoms in total. The molecule has 1 rings (SSSR count). The van der Waals surface area contributed by atoms with Crippen molar-refractivity contribution in [3.05, 3.63) is 16.7 Å². The lowest BCUT2D eigenvalue weighted by Crippen LogP contribution is -2.09. The monoisotopic (exact) mass is 278 g/mol. The SMILES string of the molecule is CCCS(=O)(=O)c1ncc(N)cc1Br. The highest BCUT2D eigenvalue weighted by Crippen LogP contribution is 2.22. The Morgan fingerprint density at radius 1 is 1.57 bits per heavy atom. The molecule has 0 fully saturated rings. The molecule has 78 valence electrons. The molecule has 1 aromatic rings. The van der Waals surface area contributed by atoms with Crippen LogP contribution in [0.1, 0.15) is 13.3 Å². The second-order valence-electron chi connectivity index (χ2n) is 2.87. The number of hydrogen-bond donors (Lipinski definition) is 1. The number of rotatable bonds is 3. The minimum Gasteiger partial charge on any atom is -0.397 e. The van der Waals surface area contributed by atoms with Gasteiger partial charge in [-0.05, 0) is 28.4 Å². The first kappa shape index (κ1) is 11.5. The molecule has 1 aromatic heterocycles. The van der Waals surface area contributed by atoms with Crippen molar-refractivity contribution in [1.29, 1.82) is 0 Å². The maximum Gasteiger partial charge on any atom is 0.196 e. The molecule has 1 heterocycles. The van der Waals surface area contributed by atoms with Gasteiger partial charge in [0.1, 0.15) is 0 Å². The van der Waals surface area contributed by atoms with E-state index in [0.717, 1.165) is 0 Å². The molecule has 0 spiro atoms. The third-order valence-corrected chi connectivity index (χ3v) is 4.32. The van der Waals surface area contributed by atoms with E-state index in [-0.39, 0.29) is 10.8 Å². The van der Waals surface area contributed by atoms with Gasteiger partial charge in [0, 0.05) is 0 Å². The minimum atomic E-state index is -3.27. The molecule has 0 saturated carbocycles. The van der Waals surface area contributed by atoms with Crippen molar-refractivity contribution < 1.29 is 8.42 Å². The lowest BCUT2D eigenvalue weighted by atomic mass is 10.4. The van der Waals surface area contributed by atoms with Crippen molar-refractivity contribution in [2.24, 2.45) is 0 Å². The van der Waals surface area contributed by atoms with Crippen LogP contribution in [0.25, 0.3) is 0 Å². The summed E-state index contributed by atoms with van der Waals surface area (Å²) < 4.78 is 23.7. The van der Waals surface area contributed by atoms with Crippen LogP contribution in [0.5, 0.6) is 0 Å². The molecule has 0 unspecified atom stereocenters. The van der Waals surface area contributed by atoms with Crippen LogP contribution >= 0.6 is 15.9 Å². The standard InChI is InChI=1S/C8H11BrN2O2S/c1-2-3-14(12,13)8-7(9)4-6(10)5-11-8/h4-5H,2-3,10H2,1H3. The van der Waals surface area contributed by atoms with Crippen molar-refractivity contribution in [1.82, 2.24) is 4.98 Å². The van der Waals surface area contributed by atoms with Gasteiger partial charge >= 0.3 is 0 Å². The van der Waals surface area contributed by atoms with Crippen molar-refractivity contribution in [3.8, 4) is 0 Å². The molecule has 0 atom stereocenters. The molecule has 2 N–H and O–H groups in total. The first-order valence-corrected chi connectivity index (χ1v) is 6.55. The molecule has 0 aliphatic rings. The summed E-state index contributed by atoms with van der Waals surface area (Å²) in [5.41, 5.74) is 5.89. The molecular weight excluding hydrogens is 268 g/mol. The third-order valence-electron chi connectivity index (χ3n) is 1.60. The summed E-state index contributed by atoms with van der Waals surface area (Å²) in [7, 11) is -3.27. The summed E-state index contributed by atoms with van der Waals surface area (Å²) in [4.78, 5) is 3.81. The average Bonchev–Trinajstić information content (AvgIpc) is 2.02. The van der Waals surface area contributed by atoms with E-state index in [9.17, 15) is 8.42 Å². The first-order chi connectivity index (χ1) is 6.47. The predicted octanol–water partition coefficient (Wildman–Crippen LogP) is 1.61. The molecule has 0 bridgehead atoms. The molecule has 14 heavy (non-hydrogen) atoms. The van der Waals surface area contributed by atoms with E-state index in [1.165, 1.54) is 12.3 Å². The number of nitrogens with two attached hydrogens (primary N) is 1. The number of hydrogen-bond acceptors (Lipinski definition) is 4. The first-order valence-electron chi connectivity index (χ1n) is 4.11. The van der Waals surface area contributed by atoms with Crippen LogP contribution in [0.2, 0.25) is 0 Å². The zero-order chi connectivity index (χ0) is 10.8. The van der Waals surface area contributed by atoms with Gasteiger partial charge in [-0.15, -0.1) is 0 Å². The molecule has 6 heteroatoms. The number of pyridine rings is 1. The Morgan fingerprint density at radius 3 is 2.71 bits per heavy atom. The largest absolute Gasteiger partial charge is 0.397 e. The second-order valence-corrected chi connectivity index (χ2v) is 5.75. The molecule has 0 aromatic carbocycles. The van der Waals surface area contributed by atoms with Crippen LogP contribution in [0.15, 0.2) is 21.8 Å². The van der Waals surface area contributed by atoms with E-state index in [0.29, 0.717) is 16.6 Å². The highest BCUT2D eigenvalue weighted by Gasteiger charge is 2.18. The van der Waals surface area contributed by atoms with Crippen LogP contribution in [0, 0.1) is 0 Å². The zero-order valence-electron chi connectivity index (χ0n) is 7.70. The lowest BCUT2D eigenvalue weighted by molar-refractivity contribution is 0.590. The Morgan fingerprint density at radius 2 is 2.21 bits per heavy atom. The fourth-order valence-corrected chi connectivity index (χ4v) is 3.44. The van der Waals surface area contributed by atoms with Crippen LogP contribution in [-0.4, -0.2) is 19.2 Å². The van der Waals surface area contributed by atoms with Gasteiger partial charge in [-0.3, -0.25) is 0 Å². The number of aromatic nitrogens is 1. The number of halogens is 1. The third kappa shape index (κ3) is 2.45. The number of nitrogen functional groups attached to an aromatic ring is 1. The van der Waals surface area contributed by atoms with Gasteiger partial charge in [-0.1, -0.05) is 6.92 Å². The summed E-state index contributed by atoms with van der Waals surface area (Å²) in [5, 5.41) is 0.0635. The maximum absolute atomic E-state index is 11.6. The fourth-order valence-electron chi connectivity index (χ4n) is 1.03. The predicted molar refractivity (Wildman–Crippen MR) is 58.7 cm³/mol. The highest BCUT2D eigenvalue weighted by molar-refractivity contribution is 9.10. The molecule has 0 aliphatic heterocycles. The van der Waals surface area contributed by atoms with Crippen molar-refractivity contribution in [2.45, 2.75) is 18.4 Å². The normalized spacial score (nSPS) is 11.6. The molecule has 0 saturated heterocycles. The Kier molecular flexibility index (Phi) is 3.49. The van der Waals surface area contributed by atoms with Gasteiger partial charge in [0.15, 0.2) is 14.9 Å². The number of anilines is 1. The van der Waals surface area contributed by atoms with Gasteiger partial charge in [0.05, 0.1) is 22.1 Å². The Balaban J connectivity index is 3.20. The van der Waals surface area contributed by atoms with Gasteiger partial charge < -0.3 is 5.73 Å². The average molecular weight is 279 g/mol. The topological polar surface area (TPSA) is 73.0 Å². The van der Waals surface area contributed by atoms with Crippen LogP contribution in [-0.2, 0) is 9.84 Å². The molecule has 0 aliphatic carbocycles. The van der Waals surface area contributed by atoms with Crippen LogP contribution in [0.3, 0.4) is 0 Å². The lowest BCUT2D eigenvalue weighted by Gasteiger charge is -2.04. The molecule has 0 amide bonds.